The van der Waals surface area contributed by atoms with E-state index < -0.39 is 0 Å². The number of fused-ring (bicyclic) bond motifs is 1. The van der Waals surface area contributed by atoms with Crippen molar-refractivity contribution in [3.05, 3.63) is 30.5 Å². The molecule has 4 heteroatoms. The van der Waals surface area contributed by atoms with Crippen molar-refractivity contribution in [2.75, 3.05) is 11.9 Å². The van der Waals surface area contributed by atoms with Gasteiger partial charge in [-0.05, 0) is 38.1 Å². The van der Waals surface area contributed by atoms with Crippen LogP contribution in [0.1, 0.15) is 13.8 Å². The second-order valence-electron chi connectivity index (χ2n) is 4.19. The van der Waals surface area contributed by atoms with E-state index in [1.807, 2.05) is 44.3 Å². The van der Waals surface area contributed by atoms with Crippen LogP contribution in [0.15, 0.2) is 30.5 Å². The number of ether oxygens (including phenoxy) is 1. The van der Waals surface area contributed by atoms with Crippen molar-refractivity contribution in [2.45, 2.75) is 20.0 Å². The first-order valence-corrected chi connectivity index (χ1v) is 5.64. The van der Waals surface area contributed by atoms with Crippen LogP contribution in [0.3, 0.4) is 0 Å². The molecule has 17 heavy (non-hydrogen) atoms. The zero-order valence-electron chi connectivity index (χ0n) is 9.99. The maximum absolute atomic E-state index is 11.5. The van der Waals surface area contributed by atoms with Gasteiger partial charge in [-0.15, -0.1) is 0 Å². The van der Waals surface area contributed by atoms with Crippen molar-refractivity contribution < 1.29 is 9.53 Å². The Morgan fingerprint density at radius 1 is 1.41 bits per heavy atom. The average Bonchev–Trinajstić information content (AvgIpc) is 2.73. The van der Waals surface area contributed by atoms with E-state index in [1.165, 1.54) is 0 Å². The predicted octanol–water partition coefficient (Wildman–Crippen LogP) is 2.53. The van der Waals surface area contributed by atoms with Gasteiger partial charge in [-0.1, -0.05) is 0 Å². The lowest BCUT2D eigenvalue weighted by Gasteiger charge is -2.08. The molecule has 1 amide bonds. The summed E-state index contributed by atoms with van der Waals surface area (Å²) in [7, 11) is 0. The van der Waals surface area contributed by atoms with Gasteiger partial charge in [0.05, 0.1) is 6.10 Å². The van der Waals surface area contributed by atoms with E-state index in [2.05, 4.69) is 10.3 Å². The van der Waals surface area contributed by atoms with Gasteiger partial charge in [0.1, 0.15) is 6.61 Å². The number of rotatable bonds is 4. The molecule has 0 aliphatic rings. The van der Waals surface area contributed by atoms with Crippen LogP contribution in [0.4, 0.5) is 5.69 Å². The lowest BCUT2D eigenvalue weighted by molar-refractivity contribution is -0.121. The second-order valence-corrected chi connectivity index (χ2v) is 4.19. The number of amides is 1. The molecule has 90 valence electrons. The number of nitrogens with one attached hydrogen (secondary N) is 2. The van der Waals surface area contributed by atoms with Crippen molar-refractivity contribution in [3.63, 3.8) is 0 Å². The highest BCUT2D eigenvalue weighted by Gasteiger charge is 2.04. The lowest BCUT2D eigenvalue weighted by atomic mass is 10.2. The molecule has 0 spiro atoms. The monoisotopic (exact) mass is 232 g/mol. The first-order chi connectivity index (χ1) is 8.15. The Labute approximate surface area is 100.0 Å². The molecule has 0 aliphatic heterocycles. The smallest absolute Gasteiger partial charge is 0.250 e. The van der Waals surface area contributed by atoms with Crippen LogP contribution in [0.25, 0.3) is 10.9 Å². The largest absolute Gasteiger partial charge is 0.369 e. The highest BCUT2D eigenvalue weighted by molar-refractivity contribution is 5.94. The summed E-state index contributed by atoms with van der Waals surface area (Å²) >= 11 is 0. The molecule has 0 saturated heterocycles. The minimum absolute atomic E-state index is 0.0629. The third-order valence-electron chi connectivity index (χ3n) is 2.38. The quantitative estimate of drug-likeness (QED) is 0.851. The third kappa shape index (κ3) is 3.07. The normalized spacial score (nSPS) is 11.0. The predicted molar refractivity (Wildman–Crippen MR) is 68.0 cm³/mol. The SMILES string of the molecule is CC(C)OCC(=O)Nc1ccc2[nH]ccc2c1. The Hall–Kier alpha value is -1.81. The molecule has 1 aromatic heterocycles. The van der Waals surface area contributed by atoms with Crippen LogP contribution in [0.5, 0.6) is 0 Å². The maximum Gasteiger partial charge on any atom is 0.250 e. The molecule has 0 atom stereocenters. The molecule has 2 aromatic rings. The van der Waals surface area contributed by atoms with Gasteiger partial charge >= 0.3 is 0 Å². The highest BCUT2D eigenvalue weighted by atomic mass is 16.5. The Morgan fingerprint density at radius 2 is 2.24 bits per heavy atom. The van der Waals surface area contributed by atoms with Gasteiger partial charge < -0.3 is 15.0 Å². The molecule has 1 heterocycles. The van der Waals surface area contributed by atoms with Gasteiger partial charge in [0, 0.05) is 22.8 Å². The van der Waals surface area contributed by atoms with Gasteiger partial charge in [-0.3, -0.25) is 4.79 Å². The number of hydrogen-bond acceptors (Lipinski definition) is 2. The number of anilines is 1. The summed E-state index contributed by atoms with van der Waals surface area (Å²) in [4.78, 5) is 14.7. The molecule has 2 rings (SSSR count). The van der Waals surface area contributed by atoms with Gasteiger partial charge in [0.25, 0.3) is 0 Å². The molecule has 2 N–H and O–H groups in total. The topological polar surface area (TPSA) is 54.1 Å². The first kappa shape index (κ1) is 11.7. The van der Waals surface area contributed by atoms with Crippen LogP contribution in [-0.4, -0.2) is 23.6 Å². The lowest BCUT2D eigenvalue weighted by Crippen LogP contribution is -2.20. The average molecular weight is 232 g/mol. The molecule has 0 unspecified atom stereocenters. The van der Waals surface area contributed by atoms with Crippen molar-refractivity contribution in [3.8, 4) is 0 Å². The van der Waals surface area contributed by atoms with Gasteiger partial charge in [0.2, 0.25) is 5.91 Å². The standard InChI is InChI=1S/C13H16N2O2/c1-9(2)17-8-13(16)15-11-3-4-12-10(7-11)5-6-14-12/h3-7,9,14H,8H2,1-2H3,(H,15,16). The van der Waals surface area contributed by atoms with Crippen LogP contribution < -0.4 is 5.32 Å². The van der Waals surface area contributed by atoms with Crippen molar-refractivity contribution >= 4 is 22.5 Å². The molecule has 0 fully saturated rings. The number of carbonyl (C=O) groups excluding carboxylic acids is 1. The number of hydrogen-bond donors (Lipinski definition) is 2. The van der Waals surface area contributed by atoms with Crippen molar-refractivity contribution in [1.29, 1.82) is 0 Å². The molecular formula is C13H16N2O2. The van der Waals surface area contributed by atoms with Crippen molar-refractivity contribution in [2.24, 2.45) is 0 Å². The van der Waals surface area contributed by atoms with E-state index in [9.17, 15) is 4.79 Å². The minimum Gasteiger partial charge on any atom is -0.369 e. The Kier molecular flexibility index (Phi) is 3.44. The van der Waals surface area contributed by atoms with Crippen LogP contribution in [0.2, 0.25) is 0 Å². The molecule has 0 aliphatic carbocycles. The fraction of sp³-hybridized carbons (Fsp3) is 0.308. The van der Waals surface area contributed by atoms with Gasteiger partial charge in [0.15, 0.2) is 0 Å². The maximum atomic E-state index is 11.5. The van der Waals surface area contributed by atoms with E-state index in [0.29, 0.717) is 0 Å². The minimum atomic E-state index is -0.131. The summed E-state index contributed by atoms with van der Waals surface area (Å²) in [5.74, 6) is -0.131. The fourth-order valence-corrected chi connectivity index (χ4v) is 1.57. The molecule has 1 aromatic carbocycles. The van der Waals surface area contributed by atoms with Crippen LogP contribution >= 0.6 is 0 Å². The van der Waals surface area contributed by atoms with E-state index >= 15 is 0 Å². The number of benzene rings is 1. The Bertz CT molecular complexity index is 517. The van der Waals surface area contributed by atoms with Crippen molar-refractivity contribution in [1.82, 2.24) is 4.98 Å². The Morgan fingerprint density at radius 3 is 3.00 bits per heavy atom. The zero-order valence-corrected chi connectivity index (χ0v) is 9.99. The first-order valence-electron chi connectivity index (χ1n) is 5.64. The van der Waals surface area contributed by atoms with Crippen LogP contribution in [0, 0.1) is 0 Å². The zero-order chi connectivity index (χ0) is 12.3. The summed E-state index contributed by atoms with van der Waals surface area (Å²) in [5, 5.41) is 3.88. The van der Waals surface area contributed by atoms with E-state index in [0.717, 1.165) is 16.6 Å². The number of H-pyrrole nitrogens is 1. The summed E-state index contributed by atoms with van der Waals surface area (Å²) in [5.41, 5.74) is 1.84. The summed E-state index contributed by atoms with van der Waals surface area (Å²) < 4.78 is 5.23. The van der Waals surface area contributed by atoms with Gasteiger partial charge in [-0.25, -0.2) is 0 Å². The highest BCUT2D eigenvalue weighted by Crippen LogP contribution is 2.17. The summed E-state index contributed by atoms with van der Waals surface area (Å²) in [6.07, 6.45) is 1.94. The van der Waals surface area contributed by atoms with E-state index in [1.54, 1.807) is 0 Å². The van der Waals surface area contributed by atoms with E-state index in [-0.39, 0.29) is 18.6 Å². The number of carbonyl (C=O) groups is 1. The Balaban J connectivity index is 2.00. The molecule has 0 radical (unpaired) electrons. The molecular weight excluding hydrogens is 216 g/mol. The number of aromatic nitrogens is 1. The number of aromatic amines is 1. The third-order valence-corrected chi connectivity index (χ3v) is 2.38. The van der Waals surface area contributed by atoms with Crippen LogP contribution in [-0.2, 0) is 9.53 Å². The molecule has 4 nitrogen and oxygen atoms in total. The fourth-order valence-electron chi connectivity index (χ4n) is 1.57. The molecule has 0 bridgehead atoms. The molecule has 0 saturated carbocycles. The second kappa shape index (κ2) is 5.01. The van der Waals surface area contributed by atoms with Gasteiger partial charge in [-0.2, -0.15) is 0 Å². The summed E-state index contributed by atoms with van der Waals surface area (Å²) in [6.45, 7) is 3.89. The summed E-state index contributed by atoms with van der Waals surface area (Å²) in [6, 6.07) is 7.70. The van der Waals surface area contributed by atoms with E-state index in [4.69, 9.17) is 4.74 Å².